The summed E-state index contributed by atoms with van der Waals surface area (Å²) in [6.07, 6.45) is -26.9. The molecular weight excluding hydrogens is 449 g/mol. The summed E-state index contributed by atoms with van der Waals surface area (Å²) in [5, 5.41) is 3.29. The molecule has 2 aromatic carbocycles. The smallest absolute Gasteiger partial charge is 0.391 e. The van der Waals surface area contributed by atoms with Crippen LogP contribution in [-0.2, 0) is 30.5 Å². The summed E-state index contributed by atoms with van der Waals surface area (Å²) in [6, 6.07) is 2.89. The summed E-state index contributed by atoms with van der Waals surface area (Å²) in [5.74, 6) is -7.47. The first-order chi connectivity index (χ1) is 26.3. The Labute approximate surface area is 242 Å². The number of benzene rings is 2. The number of likely N-dealkylation sites (tertiary alicyclic amines) is 1. The van der Waals surface area contributed by atoms with Gasteiger partial charge in [0, 0.05) is 38.1 Å². The zero-order valence-electron chi connectivity index (χ0n) is 43.2. The number of oxime groups is 1. The number of aryl methyl sites for hydroxylation is 1. The Morgan fingerprint density at radius 1 is 1.17 bits per heavy atom. The summed E-state index contributed by atoms with van der Waals surface area (Å²) in [4.78, 5) is 5.31. The van der Waals surface area contributed by atoms with Crippen molar-refractivity contribution in [3.8, 4) is 0 Å². The number of alkyl halides is 3. The highest BCUT2D eigenvalue weighted by atomic mass is 19.4. The maximum absolute atomic E-state index is 14.8. The van der Waals surface area contributed by atoms with Crippen LogP contribution in [0.2, 0.25) is 0 Å². The SMILES string of the molecule is [2H]C1C([2H])([2H])N(Cc2ccc(/C(=N/OC([2H])([2H])c3ccc(C4([2H])C([2H])([2H])C([2H])([2H])C([2H])(C)C([2H])([2H])C4([2H])[2H])c(C(F)(F)F)c3)C([2H])([2H])[2H])cc2C([2H])([2H])C([2H])([2H])[2H])C1([2H])[2H]. The molecule has 190 valence electrons. The van der Waals surface area contributed by atoms with E-state index in [-0.39, 0.29) is 17.7 Å². The Bertz CT molecular complexity index is 1990. The van der Waals surface area contributed by atoms with Gasteiger partial charge in [0.15, 0.2) is 0 Å². The van der Waals surface area contributed by atoms with Gasteiger partial charge in [0.2, 0.25) is 0 Å². The topological polar surface area (TPSA) is 24.8 Å². The normalized spacial score (nSPS) is 47.1. The lowest BCUT2D eigenvalue weighted by Crippen LogP contribution is -2.36. The van der Waals surface area contributed by atoms with Crippen LogP contribution in [0.25, 0.3) is 0 Å². The average molecular weight is 512 g/mol. The molecule has 3 nitrogen and oxygen atoms in total. The van der Waals surface area contributed by atoms with Crippen molar-refractivity contribution in [2.75, 3.05) is 13.0 Å². The van der Waals surface area contributed by atoms with Gasteiger partial charge in [-0.25, -0.2) is 0 Å². The molecule has 0 aromatic heterocycles. The van der Waals surface area contributed by atoms with Crippen molar-refractivity contribution in [2.24, 2.45) is 11.0 Å². The third kappa shape index (κ3) is 6.46. The van der Waals surface area contributed by atoms with Crippen LogP contribution in [0, 0.1) is 5.89 Å². The second-order valence-corrected chi connectivity index (χ2v) is 7.38. The monoisotopic (exact) mass is 511 g/mol. The largest absolute Gasteiger partial charge is 0.416 e. The van der Waals surface area contributed by atoms with Crippen LogP contribution in [0.4, 0.5) is 13.2 Å². The van der Waals surface area contributed by atoms with Crippen molar-refractivity contribution < 1.29 is 52.3 Å². The van der Waals surface area contributed by atoms with Gasteiger partial charge in [0.05, 0.1) is 14.0 Å². The quantitative estimate of drug-likeness (QED) is 0.268. The molecule has 4 rings (SSSR count). The Kier molecular flexibility index (Phi) is 2.83. The fraction of sp³-hybridized carbons (Fsp3) is 0.552. The summed E-state index contributed by atoms with van der Waals surface area (Å²) >= 11 is 0. The lowest BCUT2D eigenvalue weighted by molar-refractivity contribution is -0.138. The number of rotatable bonds is 8. The number of halogens is 3. The third-order valence-electron chi connectivity index (χ3n) is 4.93. The third-order valence-corrected chi connectivity index (χ3v) is 4.93. The van der Waals surface area contributed by atoms with Gasteiger partial charge in [0.1, 0.15) is 6.56 Å². The van der Waals surface area contributed by atoms with Crippen molar-refractivity contribution >= 4 is 5.71 Å². The Morgan fingerprint density at radius 2 is 1.97 bits per heavy atom. The number of nitrogens with zero attached hydrogens (tertiary/aromatic N) is 2. The molecule has 0 N–H and O–H groups in total. The van der Waals surface area contributed by atoms with Crippen LogP contribution in [0.5, 0.6) is 0 Å². The van der Waals surface area contributed by atoms with Gasteiger partial charge in [-0.3, -0.25) is 4.90 Å². The summed E-state index contributed by atoms with van der Waals surface area (Å²) < 4.78 is 250. The Balaban J connectivity index is 1.89. The van der Waals surface area contributed by atoms with Crippen LogP contribution in [-0.4, -0.2) is 23.6 Å². The zero-order valence-corrected chi connectivity index (χ0v) is 18.2. The summed E-state index contributed by atoms with van der Waals surface area (Å²) in [7, 11) is 0. The number of hydrogen-bond acceptors (Lipinski definition) is 3. The van der Waals surface area contributed by atoms with Crippen molar-refractivity contribution in [3.05, 3.63) is 69.8 Å². The van der Waals surface area contributed by atoms with Crippen LogP contribution in [0.1, 0.15) is 126 Å². The highest BCUT2D eigenvalue weighted by Gasteiger charge is 2.36. The predicted octanol–water partition coefficient (Wildman–Crippen LogP) is 7.71. The van der Waals surface area contributed by atoms with E-state index in [1.54, 1.807) is 0 Å². The highest BCUT2D eigenvalue weighted by molar-refractivity contribution is 5.98. The molecule has 1 aliphatic heterocycles. The van der Waals surface area contributed by atoms with E-state index in [1.807, 2.05) is 0 Å². The summed E-state index contributed by atoms with van der Waals surface area (Å²) in [5.41, 5.74) is -8.21. The molecule has 6 heteroatoms. The van der Waals surface area contributed by atoms with E-state index in [0.29, 0.717) is 24.0 Å². The standard InChI is InChI=1S/C29H37F3N2O/c1-4-23-17-25(11-12-26(23)18-34-14-5-15-34)21(3)33-35-19-22-8-13-27(28(16-22)29(30,31)32)24-9-6-20(2)7-10-24/h8,11-13,16-17,20,24H,4-7,9-10,14-15,18-19H2,1-3H3/b33-21+/i1D3,3D3,4D2,5D,6D2,7D2,9D2,10D2,14D2,15D2,19D2,20D,24D. The molecule has 1 heterocycles. The molecule has 1 saturated carbocycles. The predicted molar refractivity (Wildman–Crippen MR) is 135 cm³/mol. The van der Waals surface area contributed by atoms with E-state index in [9.17, 15) is 13.2 Å². The second kappa shape index (κ2) is 11.2. The van der Waals surface area contributed by atoms with E-state index in [2.05, 4.69) is 5.16 Å². The molecule has 1 saturated heterocycles. The summed E-state index contributed by atoms with van der Waals surface area (Å²) in [6.45, 7) is -16.2. The molecule has 0 radical (unpaired) electrons. The Hall–Kier alpha value is -2.34. The molecule has 35 heavy (non-hydrogen) atoms. The van der Waals surface area contributed by atoms with Gasteiger partial charge >= 0.3 is 6.18 Å². The number of hydrogen-bond donors (Lipinski definition) is 0. The van der Waals surface area contributed by atoms with Gasteiger partial charge in [-0.05, 0) is 97.1 Å². The first-order valence-corrected chi connectivity index (χ1v) is 10.1. The van der Waals surface area contributed by atoms with Crippen LogP contribution in [0.15, 0.2) is 41.6 Å². The minimum absolute atomic E-state index is 0.103. The zero-order chi connectivity index (χ0) is 47.1. The minimum atomic E-state index is -5.73. The molecule has 2 fully saturated rings. The van der Waals surface area contributed by atoms with Crippen LogP contribution in [0.3, 0.4) is 0 Å². The molecule has 0 unspecified atom stereocenters. The van der Waals surface area contributed by atoms with Crippen LogP contribution >= 0.6 is 0 Å². The first-order valence-electron chi connectivity index (χ1n) is 22.7. The molecule has 1 aliphatic carbocycles. The Morgan fingerprint density at radius 3 is 2.69 bits per heavy atom. The molecule has 2 aliphatic rings. The van der Waals surface area contributed by atoms with Crippen molar-refractivity contribution in [3.63, 3.8) is 0 Å². The maximum Gasteiger partial charge on any atom is 0.416 e. The van der Waals surface area contributed by atoms with Gasteiger partial charge in [-0.2, -0.15) is 13.2 Å². The molecular formula is C29H37F3N2O. The van der Waals surface area contributed by atoms with E-state index in [0.717, 1.165) is 12.1 Å². The fourth-order valence-electron chi connectivity index (χ4n) is 3.14. The molecule has 0 amide bonds. The fourth-order valence-corrected chi connectivity index (χ4v) is 3.14. The van der Waals surface area contributed by atoms with Gasteiger partial charge in [-0.15, -0.1) is 0 Å². The van der Waals surface area contributed by atoms with Gasteiger partial charge in [-0.1, -0.05) is 55.9 Å². The lowest BCUT2D eigenvalue weighted by Gasteiger charge is -2.31. The van der Waals surface area contributed by atoms with E-state index < -0.39 is 130 Å². The van der Waals surface area contributed by atoms with E-state index in [1.165, 1.54) is 0 Å². The molecule has 0 spiro atoms. The average Bonchev–Trinajstić information content (AvgIpc) is 3.07. The van der Waals surface area contributed by atoms with Crippen molar-refractivity contribution in [1.29, 1.82) is 0 Å². The molecule has 0 bridgehead atoms. The van der Waals surface area contributed by atoms with Gasteiger partial charge < -0.3 is 4.84 Å². The van der Waals surface area contributed by atoms with Gasteiger partial charge in [0.25, 0.3) is 0 Å². The lowest BCUT2D eigenvalue weighted by atomic mass is 9.78. The van der Waals surface area contributed by atoms with Crippen LogP contribution < -0.4 is 0 Å². The first kappa shape index (κ1) is 8.90. The van der Waals surface area contributed by atoms with Crippen molar-refractivity contribution in [1.82, 2.24) is 4.90 Å². The maximum atomic E-state index is 14.8. The molecule has 0 atom stereocenters. The minimum Gasteiger partial charge on any atom is -0.391 e. The highest BCUT2D eigenvalue weighted by Crippen LogP contribution is 2.42. The molecule has 2 aromatic rings. The van der Waals surface area contributed by atoms with Crippen molar-refractivity contribution in [2.45, 2.75) is 84.1 Å². The van der Waals surface area contributed by atoms with E-state index in [4.69, 9.17) is 39.1 Å². The van der Waals surface area contributed by atoms with E-state index >= 15 is 0 Å². The second-order valence-electron chi connectivity index (χ2n) is 7.38.